The molecule has 5 nitrogen and oxygen atoms in total. The van der Waals surface area contributed by atoms with Crippen LogP contribution in [0.1, 0.15) is 0 Å². The van der Waals surface area contributed by atoms with Gasteiger partial charge in [-0.3, -0.25) is 4.79 Å². The van der Waals surface area contributed by atoms with Crippen molar-refractivity contribution in [3.8, 4) is 0 Å². The summed E-state index contributed by atoms with van der Waals surface area (Å²) in [5, 5.41) is 0. The fourth-order valence-electron chi connectivity index (χ4n) is 1.72. The average molecular weight is 236 g/mol. The Morgan fingerprint density at radius 1 is 1.29 bits per heavy atom. The summed E-state index contributed by atoms with van der Waals surface area (Å²) in [6.45, 7) is 5.95. The normalized spacial score (nSPS) is 15.8. The highest BCUT2D eigenvalue weighted by molar-refractivity contribution is 5.87. The van der Waals surface area contributed by atoms with Gasteiger partial charge in [0.15, 0.2) is 5.82 Å². The molecule has 0 aliphatic carbocycles. The third-order valence-electron chi connectivity index (χ3n) is 2.66. The second-order valence-corrected chi connectivity index (χ2v) is 3.72. The Labute approximate surface area is 98.6 Å². The van der Waals surface area contributed by atoms with Crippen molar-refractivity contribution in [2.45, 2.75) is 0 Å². The summed E-state index contributed by atoms with van der Waals surface area (Å²) in [6.07, 6.45) is 3.59. The van der Waals surface area contributed by atoms with Crippen molar-refractivity contribution < 1.29 is 9.18 Å². The molecule has 0 bridgehead atoms. The Morgan fingerprint density at radius 2 is 1.88 bits per heavy atom. The van der Waals surface area contributed by atoms with E-state index in [0.717, 1.165) is 12.4 Å². The second kappa shape index (κ2) is 4.90. The molecule has 0 spiro atoms. The monoisotopic (exact) mass is 236 g/mol. The molecule has 1 amide bonds. The van der Waals surface area contributed by atoms with Crippen molar-refractivity contribution >= 4 is 11.9 Å². The molecule has 0 saturated carbocycles. The number of halogens is 1. The summed E-state index contributed by atoms with van der Waals surface area (Å²) >= 11 is 0. The van der Waals surface area contributed by atoms with Gasteiger partial charge in [0.2, 0.25) is 11.9 Å². The molecule has 6 heteroatoms. The van der Waals surface area contributed by atoms with Crippen molar-refractivity contribution in [3.05, 3.63) is 30.9 Å². The molecule has 0 atom stereocenters. The summed E-state index contributed by atoms with van der Waals surface area (Å²) in [5.41, 5.74) is 0. The van der Waals surface area contributed by atoms with Gasteiger partial charge in [-0.15, -0.1) is 0 Å². The van der Waals surface area contributed by atoms with Gasteiger partial charge >= 0.3 is 0 Å². The number of carbonyl (C=O) groups is 1. The minimum Gasteiger partial charge on any atom is -0.337 e. The number of hydrogen-bond acceptors (Lipinski definition) is 4. The van der Waals surface area contributed by atoms with Crippen LogP contribution in [0.3, 0.4) is 0 Å². The molecule has 1 aliphatic rings. The largest absolute Gasteiger partial charge is 0.337 e. The lowest BCUT2D eigenvalue weighted by Crippen LogP contribution is -2.48. The molecule has 0 aromatic carbocycles. The summed E-state index contributed by atoms with van der Waals surface area (Å²) in [6, 6.07) is 0. The number of rotatable bonds is 2. The number of hydrogen-bond donors (Lipinski definition) is 0. The standard InChI is InChI=1S/C11H13FN4O/c1-2-10(17)15-3-5-16(6-4-15)11-13-7-9(12)8-14-11/h2,7-8H,1,3-6H2. The minimum atomic E-state index is -0.450. The Morgan fingerprint density at radius 3 is 2.41 bits per heavy atom. The molecule has 17 heavy (non-hydrogen) atoms. The first kappa shape index (κ1) is 11.5. The van der Waals surface area contributed by atoms with Crippen LogP contribution in [0.2, 0.25) is 0 Å². The van der Waals surface area contributed by atoms with Crippen LogP contribution >= 0.6 is 0 Å². The van der Waals surface area contributed by atoms with Gasteiger partial charge in [0.1, 0.15) is 0 Å². The Bertz CT molecular complexity index is 412. The Balaban J connectivity index is 1.97. The van der Waals surface area contributed by atoms with Crippen molar-refractivity contribution in [2.75, 3.05) is 31.1 Å². The summed E-state index contributed by atoms with van der Waals surface area (Å²) in [5.74, 6) is -0.0176. The lowest BCUT2D eigenvalue weighted by atomic mass is 10.3. The van der Waals surface area contributed by atoms with E-state index in [1.54, 1.807) is 4.90 Å². The fourth-order valence-corrected chi connectivity index (χ4v) is 1.72. The number of anilines is 1. The zero-order valence-corrected chi connectivity index (χ0v) is 9.34. The third-order valence-corrected chi connectivity index (χ3v) is 2.66. The van der Waals surface area contributed by atoms with Gasteiger partial charge < -0.3 is 9.80 Å². The van der Waals surface area contributed by atoms with Gasteiger partial charge in [-0.25, -0.2) is 14.4 Å². The molecule has 0 N–H and O–H groups in total. The highest BCUT2D eigenvalue weighted by Crippen LogP contribution is 2.10. The molecule has 0 radical (unpaired) electrons. The fraction of sp³-hybridized carbons (Fsp3) is 0.364. The first-order chi connectivity index (χ1) is 8.20. The number of piperazine rings is 1. The minimum absolute atomic E-state index is 0.0651. The van der Waals surface area contributed by atoms with Crippen LogP contribution in [0.15, 0.2) is 25.0 Å². The first-order valence-electron chi connectivity index (χ1n) is 5.34. The zero-order valence-electron chi connectivity index (χ0n) is 9.34. The lowest BCUT2D eigenvalue weighted by molar-refractivity contribution is -0.126. The van der Waals surface area contributed by atoms with Crippen LogP contribution in [-0.2, 0) is 4.79 Å². The van der Waals surface area contributed by atoms with Crippen molar-refractivity contribution in [1.29, 1.82) is 0 Å². The second-order valence-electron chi connectivity index (χ2n) is 3.72. The third kappa shape index (κ3) is 2.58. The van der Waals surface area contributed by atoms with E-state index in [4.69, 9.17) is 0 Å². The molecule has 2 rings (SSSR count). The molecule has 2 heterocycles. The van der Waals surface area contributed by atoms with E-state index in [-0.39, 0.29) is 5.91 Å². The first-order valence-corrected chi connectivity index (χ1v) is 5.34. The average Bonchev–Trinajstić information content (AvgIpc) is 2.39. The predicted molar refractivity (Wildman–Crippen MR) is 61.0 cm³/mol. The molecule has 0 unspecified atom stereocenters. The Kier molecular flexibility index (Phi) is 3.32. The van der Waals surface area contributed by atoms with E-state index in [2.05, 4.69) is 16.5 Å². The van der Waals surface area contributed by atoms with Crippen LogP contribution in [-0.4, -0.2) is 47.0 Å². The van der Waals surface area contributed by atoms with Gasteiger partial charge in [-0.05, 0) is 6.08 Å². The van der Waals surface area contributed by atoms with Crippen molar-refractivity contribution in [1.82, 2.24) is 14.9 Å². The van der Waals surface area contributed by atoms with E-state index < -0.39 is 5.82 Å². The highest BCUT2D eigenvalue weighted by atomic mass is 19.1. The smallest absolute Gasteiger partial charge is 0.246 e. The molecular weight excluding hydrogens is 223 g/mol. The van der Waals surface area contributed by atoms with E-state index in [1.165, 1.54) is 6.08 Å². The van der Waals surface area contributed by atoms with Gasteiger partial charge in [-0.1, -0.05) is 6.58 Å². The lowest BCUT2D eigenvalue weighted by Gasteiger charge is -2.34. The summed E-state index contributed by atoms with van der Waals surface area (Å²) < 4.78 is 12.7. The molecule has 90 valence electrons. The molecule has 1 aromatic heterocycles. The van der Waals surface area contributed by atoms with Crippen LogP contribution in [0.4, 0.5) is 10.3 Å². The van der Waals surface area contributed by atoms with Crippen LogP contribution in [0.5, 0.6) is 0 Å². The molecule has 1 aliphatic heterocycles. The van der Waals surface area contributed by atoms with Crippen molar-refractivity contribution in [2.24, 2.45) is 0 Å². The quantitative estimate of drug-likeness (QED) is 0.700. The molecule has 1 saturated heterocycles. The van der Waals surface area contributed by atoms with Gasteiger partial charge in [-0.2, -0.15) is 0 Å². The van der Waals surface area contributed by atoms with E-state index >= 15 is 0 Å². The number of carbonyl (C=O) groups excluding carboxylic acids is 1. The number of nitrogens with zero attached hydrogens (tertiary/aromatic N) is 4. The van der Waals surface area contributed by atoms with Gasteiger partial charge in [0, 0.05) is 26.2 Å². The maximum absolute atomic E-state index is 12.7. The number of amides is 1. The topological polar surface area (TPSA) is 49.3 Å². The van der Waals surface area contributed by atoms with Crippen LogP contribution in [0.25, 0.3) is 0 Å². The highest BCUT2D eigenvalue weighted by Gasteiger charge is 2.20. The van der Waals surface area contributed by atoms with E-state index in [0.29, 0.717) is 32.1 Å². The molecular formula is C11H13FN4O. The van der Waals surface area contributed by atoms with Crippen LogP contribution in [0, 0.1) is 5.82 Å². The molecule has 1 aromatic rings. The zero-order chi connectivity index (χ0) is 12.3. The SMILES string of the molecule is C=CC(=O)N1CCN(c2ncc(F)cn2)CC1. The number of aromatic nitrogens is 2. The van der Waals surface area contributed by atoms with Crippen molar-refractivity contribution in [3.63, 3.8) is 0 Å². The summed E-state index contributed by atoms with van der Waals surface area (Å²) in [4.78, 5) is 22.8. The maximum Gasteiger partial charge on any atom is 0.246 e. The van der Waals surface area contributed by atoms with E-state index in [1.807, 2.05) is 4.90 Å². The molecule has 1 fully saturated rings. The summed E-state index contributed by atoms with van der Waals surface area (Å²) in [7, 11) is 0. The van der Waals surface area contributed by atoms with Gasteiger partial charge in [0.05, 0.1) is 12.4 Å². The maximum atomic E-state index is 12.7. The van der Waals surface area contributed by atoms with E-state index in [9.17, 15) is 9.18 Å². The van der Waals surface area contributed by atoms with Crippen LogP contribution < -0.4 is 4.90 Å². The predicted octanol–water partition coefficient (Wildman–Crippen LogP) is 0.450. The Hall–Kier alpha value is -1.98. The van der Waals surface area contributed by atoms with Gasteiger partial charge in [0.25, 0.3) is 0 Å².